The summed E-state index contributed by atoms with van der Waals surface area (Å²) in [6.45, 7) is 0.299. The van der Waals surface area contributed by atoms with Crippen LogP contribution in [-0.2, 0) is 0 Å². The van der Waals surface area contributed by atoms with E-state index in [9.17, 15) is 20.0 Å². The van der Waals surface area contributed by atoms with Crippen molar-refractivity contribution >= 4 is 23.1 Å². The first kappa shape index (κ1) is 14.6. The molecular formula is C16H13N3O4. The maximum Gasteiger partial charge on any atom is 0.326 e. The van der Waals surface area contributed by atoms with E-state index < -0.39 is 4.92 Å². The minimum absolute atomic E-state index is 0.0342. The maximum absolute atomic E-state index is 12.3. The summed E-state index contributed by atoms with van der Waals surface area (Å²) in [6.07, 6.45) is 1.77. The molecule has 0 radical (unpaired) electrons. The molecule has 7 nitrogen and oxygen atoms in total. The SMILES string of the molecule is O=C1NC(c2cccc([N+](=O)[O-])c2)=CCN1c1cccc(O)c1. The van der Waals surface area contributed by atoms with Crippen molar-refractivity contribution in [3.05, 3.63) is 70.3 Å². The van der Waals surface area contributed by atoms with Crippen LogP contribution in [0.2, 0.25) is 0 Å². The first-order valence-corrected chi connectivity index (χ1v) is 6.87. The molecule has 2 N–H and O–H groups in total. The molecule has 0 aliphatic carbocycles. The highest BCUT2D eigenvalue weighted by Crippen LogP contribution is 2.25. The Morgan fingerprint density at radius 3 is 2.65 bits per heavy atom. The number of urea groups is 1. The molecule has 23 heavy (non-hydrogen) atoms. The number of phenols is 1. The molecule has 116 valence electrons. The van der Waals surface area contributed by atoms with Gasteiger partial charge >= 0.3 is 6.03 Å². The first-order valence-electron chi connectivity index (χ1n) is 6.87. The highest BCUT2D eigenvalue weighted by atomic mass is 16.6. The van der Waals surface area contributed by atoms with Gasteiger partial charge in [-0.15, -0.1) is 0 Å². The second-order valence-corrected chi connectivity index (χ2v) is 4.99. The smallest absolute Gasteiger partial charge is 0.326 e. The molecule has 2 amide bonds. The molecule has 0 fully saturated rings. The minimum Gasteiger partial charge on any atom is -0.508 e. The van der Waals surface area contributed by atoms with E-state index in [0.29, 0.717) is 23.5 Å². The van der Waals surface area contributed by atoms with E-state index in [2.05, 4.69) is 5.32 Å². The fourth-order valence-corrected chi connectivity index (χ4v) is 2.36. The van der Waals surface area contributed by atoms with Crippen molar-refractivity contribution in [2.24, 2.45) is 0 Å². The normalized spacial score (nSPS) is 14.2. The third-order valence-electron chi connectivity index (χ3n) is 3.47. The molecule has 1 aliphatic rings. The summed E-state index contributed by atoms with van der Waals surface area (Å²) in [5, 5.41) is 23.1. The number of carbonyl (C=O) groups excluding carboxylic acids is 1. The number of carbonyl (C=O) groups is 1. The van der Waals surface area contributed by atoms with Crippen LogP contribution >= 0.6 is 0 Å². The lowest BCUT2D eigenvalue weighted by molar-refractivity contribution is -0.384. The monoisotopic (exact) mass is 311 g/mol. The molecule has 2 aromatic carbocycles. The topological polar surface area (TPSA) is 95.7 Å². The van der Waals surface area contributed by atoms with Crippen LogP contribution in [-0.4, -0.2) is 22.6 Å². The fraction of sp³-hybridized carbons (Fsp3) is 0.0625. The summed E-state index contributed by atoms with van der Waals surface area (Å²) < 4.78 is 0. The van der Waals surface area contributed by atoms with Gasteiger partial charge in [-0.25, -0.2) is 4.79 Å². The number of hydrogen-bond acceptors (Lipinski definition) is 4. The molecule has 1 heterocycles. The first-order chi connectivity index (χ1) is 11.0. The Morgan fingerprint density at radius 2 is 1.96 bits per heavy atom. The molecule has 0 atom stereocenters. The molecule has 0 aromatic heterocycles. The number of hydrogen-bond donors (Lipinski definition) is 2. The largest absolute Gasteiger partial charge is 0.508 e. The van der Waals surface area contributed by atoms with Gasteiger partial charge in [0, 0.05) is 41.7 Å². The number of nitro groups is 1. The van der Waals surface area contributed by atoms with Gasteiger partial charge in [-0.1, -0.05) is 18.2 Å². The molecule has 0 unspecified atom stereocenters. The Kier molecular flexibility index (Phi) is 3.68. The Morgan fingerprint density at radius 1 is 1.17 bits per heavy atom. The number of amides is 2. The Labute approximate surface area is 131 Å². The van der Waals surface area contributed by atoms with Crippen molar-refractivity contribution in [3.8, 4) is 5.75 Å². The lowest BCUT2D eigenvalue weighted by atomic mass is 10.1. The van der Waals surface area contributed by atoms with Gasteiger partial charge in [0.2, 0.25) is 0 Å². The van der Waals surface area contributed by atoms with Crippen molar-refractivity contribution < 1.29 is 14.8 Å². The van der Waals surface area contributed by atoms with E-state index in [0.717, 1.165) is 0 Å². The van der Waals surface area contributed by atoms with Crippen LogP contribution < -0.4 is 10.2 Å². The quantitative estimate of drug-likeness (QED) is 0.673. The van der Waals surface area contributed by atoms with Crippen molar-refractivity contribution in [2.75, 3.05) is 11.4 Å². The highest BCUT2D eigenvalue weighted by molar-refractivity contribution is 6.00. The molecular weight excluding hydrogens is 298 g/mol. The number of aromatic hydroxyl groups is 1. The van der Waals surface area contributed by atoms with Gasteiger partial charge in [0.15, 0.2) is 0 Å². The average Bonchev–Trinajstić information content (AvgIpc) is 2.55. The van der Waals surface area contributed by atoms with Gasteiger partial charge in [0.05, 0.1) is 4.92 Å². The molecule has 0 saturated heterocycles. The zero-order valence-electron chi connectivity index (χ0n) is 12.0. The van der Waals surface area contributed by atoms with Gasteiger partial charge in [-0.2, -0.15) is 0 Å². The summed E-state index contributed by atoms with van der Waals surface area (Å²) in [7, 11) is 0. The van der Waals surface area contributed by atoms with Crippen molar-refractivity contribution in [2.45, 2.75) is 0 Å². The van der Waals surface area contributed by atoms with E-state index in [1.54, 1.807) is 30.3 Å². The van der Waals surface area contributed by atoms with Crippen molar-refractivity contribution in [1.82, 2.24) is 5.32 Å². The third kappa shape index (κ3) is 2.98. The Balaban J connectivity index is 1.87. The summed E-state index contributed by atoms with van der Waals surface area (Å²) in [5.74, 6) is 0.0729. The third-order valence-corrected chi connectivity index (χ3v) is 3.47. The van der Waals surface area contributed by atoms with E-state index in [1.807, 2.05) is 0 Å². The van der Waals surface area contributed by atoms with E-state index in [1.165, 1.54) is 29.2 Å². The van der Waals surface area contributed by atoms with Crippen LogP contribution in [0.3, 0.4) is 0 Å². The fourth-order valence-electron chi connectivity index (χ4n) is 2.36. The van der Waals surface area contributed by atoms with Gasteiger partial charge < -0.3 is 10.4 Å². The Hall–Kier alpha value is -3.35. The number of phenolic OH excluding ortho intramolecular Hbond substituents is 1. The molecule has 7 heteroatoms. The second kappa shape index (κ2) is 5.80. The number of nitrogens with one attached hydrogen (secondary N) is 1. The number of nitrogens with zero attached hydrogens (tertiary/aromatic N) is 2. The van der Waals surface area contributed by atoms with Crippen LogP contribution in [0.25, 0.3) is 5.70 Å². The van der Waals surface area contributed by atoms with Gasteiger partial charge in [-0.05, 0) is 18.2 Å². The standard InChI is InChI=1S/C16H13N3O4/c20-14-6-2-4-12(10-14)18-8-7-15(17-16(18)21)11-3-1-5-13(9-11)19(22)23/h1-7,9-10,20H,8H2,(H,17,21). The van der Waals surface area contributed by atoms with Crippen LogP contribution in [0.15, 0.2) is 54.6 Å². The van der Waals surface area contributed by atoms with Crippen molar-refractivity contribution in [1.29, 1.82) is 0 Å². The zero-order valence-corrected chi connectivity index (χ0v) is 12.0. The molecule has 2 aromatic rings. The highest BCUT2D eigenvalue weighted by Gasteiger charge is 2.22. The summed E-state index contributed by atoms with van der Waals surface area (Å²) in [6, 6.07) is 12.1. The summed E-state index contributed by atoms with van der Waals surface area (Å²) in [5.41, 5.74) is 1.63. The van der Waals surface area contributed by atoms with Gasteiger partial charge in [0.25, 0.3) is 5.69 Å². The molecule has 3 rings (SSSR count). The lowest BCUT2D eigenvalue weighted by Crippen LogP contribution is -2.43. The molecule has 0 spiro atoms. The van der Waals surface area contributed by atoms with E-state index >= 15 is 0 Å². The number of non-ortho nitro benzene ring substituents is 1. The Bertz CT molecular complexity index is 816. The predicted octanol–water partition coefficient (Wildman–Crippen LogP) is 2.87. The molecule has 1 aliphatic heterocycles. The van der Waals surface area contributed by atoms with Crippen LogP contribution in [0.4, 0.5) is 16.2 Å². The van der Waals surface area contributed by atoms with E-state index in [-0.39, 0.29) is 17.5 Å². The van der Waals surface area contributed by atoms with Gasteiger partial charge in [-0.3, -0.25) is 15.0 Å². The maximum atomic E-state index is 12.3. The summed E-state index contributed by atoms with van der Waals surface area (Å²) in [4.78, 5) is 24.1. The number of rotatable bonds is 3. The minimum atomic E-state index is -0.478. The number of nitro benzene ring substituents is 1. The van der Waals surface area contributed by atoms with Gasteiger partial charge in [0.1, 0.15) is 5.75 Å². The predicted molar refractivity (Wildman–Crippen MR) is 85.1 cm³/mol. The average molecular weight is 311 g/mol. The molecule has 0 saturated carbocycles. The van der Waals surface area contributed by atoms with Crippen molar-refractivity contribution in [3.63, 3.8) is 0 Å². The lowest BCUT2D eigenvalue weighted by Gasteiger charge is -2.27. The van der Waals surface area contributed by atoms with Crippen LogP contribution in [0.1, 0.15) is 5.56 Å². The van der Waals surface area contributed by atoms with Crippen LogP contribution in [0, 0.1) is 10.1 Å². The van der Waals surface area contributed by atoms with E-state index in [4.69, 9.17) is 0 Å². The van der Waals surface area contributed by atoms with Crippen LogP contribution in [0.5, 0.6) is 5.75 Å². The zero-order chi connectivity index (χ0) is 16.4. The summed E-state index contributed by atoms with van der Waals surface area (Å²) >= 11 is 0. The number of benzene rings is 2. The molecule has 0 bridgehead atoms. The second-order valence-electron chi connectivity index (χ2n) is 4.99. The number of anilines is 1.